The largest absolute Gasteiger partial charge is 0.507 e. The SMILES string of the molecule is COc1nc(-c2scnc2C)c(F)cc1[C@H](C)NC(=O)[C@@H]1C[C@@H](O)CN1C(=O)[C@H](c1cc(OCCN2CCC(OC3CC(Oc4cc(N5C6CCC5CN(c5cc(-c7ccccc7O)nnc5N)C6)ccn4)C3)CC2)no1)C(C)C. The summed E-state index contributed by atoms with van der Waals surface area (Å²) < 4.78 is 45.7. The number of carbonyl (C=O) groups excluding carboxylic acids is 2. The minimum absolute atomic E-state index is 0.0270. The number of aliphatic hydroxyl groups is 1. The van der Waals surface area contributed by atoms with Gasteiger partial charge in [-0.3, -0.25) is 14.5 Å². The maximum Gasteiger partial charge on any atom is 0.254 e. The highest BCUT2D eigenvalue weighted by molar-refractivity contribution is 7.13. The molecule has 21 nitrogen and oxygen atoms in total. The number of anilines is 3. The van der Waals surface area contributed by atoms with Crippen molar-refractivity contribution in [3.8, 4) is 45.2 Å². The predicted molar refractivity (Wildman–Crippen MR) is 296 cm³/mol. The molecule has 23 heteroatoms. The Bertz CT molecular complexity index is 3160. The van der Waals surface area contributed by atoms with Gasteiger partial charge in [-0.05, 0) is 80.9 Å². The number of nitrogens with one attached hydrogen (secondary N) is 1. The maximum absolute atomic E-state index is 15.5. The van der Waals surface area contributed by atoms with Crippen LogP contribution in [-0.4, -0.2) is 158 Å². The first-order valence-corrected chi connectivity index (χ1v) is 28.5. The summed E-state index contributed by atoms with van der Waals surface area (Å²) in [6.45, 7) is 11.5. The van der Waals surface area contributed by atoms with E-state index in [0.29, 0.717) is 58.0 Å². The normalized spacial score (nSPS) is 23.0. The number of piperidine rings is 1. The lowest BCUT2D eigenvalue weighted by molar-refractivity contribution is -0.141. The number of likely N-dealkylation sites (tertiary alicyclic amines) is 2. The minimum atomic E-state index is -0.993. The van der Waals surface area contributed by atoms with Gasteiger partial charge in [0.15, 0.2) is 17.4 Å². The van der Waals surface area contributed by atoms with Crippen molar-refractivity contribution in [3.63, 3.8) is 0 Å². The number of rotatable bonds is 19. The first-order chi connectivity index (χ1) is 38.7. The third-order valence-electron chi connectivity index (χ3n) is 16.3. The number of fused-ring (bicyclic) bond motifs is 2. The molecule has 2 bridgehead atoms. The fourth-order valence-electron chi connectivity index (χ4n) is 12.1. The molecular weight excluding hydrogens is 1050 g/mol. The van der Waals surface area contributed by atoms with E-state index in [0.717, 1.165) is 76.1 Å². The van der Waals surface area contributed by atoms with Gasteiger partial charge in [0.05, 0.1) is 58.9 Å². The Morgan fingerprint density at radius 2 is 1.71 bits per heavy atom. The summed E-state index contributed by atoms with van der Waals surface area (Å²) in [7, 11) is 1.42. The molecule has 6 atom stereocenters. The predicted octanol–water partition coefficient (Wildman–Crippen LogP) is 6.70. The van der Waals surface area contributed by atoms with Crippen LogP contribution in [0, 0.1) is 18.7 Å². The Morgan fingerprint density at radius 1 is 0.938 bits per heavy atom. The number of aromatic hydroxyl groups is 1. The number of pyridine rings is 2. The lowest BCUT2D eigenvalue weighted by Crippen LogP contribution is -2.54. The van der Waals surface area contributed by atoms with Crippen LogP contribution in [0.25, 0.3) is 21.8 Å². The average Bonchev–Trinajstić information content (AvgIpc) is 4.30. The van der Waals surface area contributed by atoms with E-state index < -0.39 is 35.8 Å². The minimum Gasteiger partial charge on any atom is -0.507 e. The highest BCUT2D eigenvalue weighted by Gasteiger charge is 2.45. The van der Waals surface area contributed by atoms with E-state index in [4.69, 9.17) is 29.2 Å². The number of carbonyl (C=O) groups is 2. The number of halogens is 1. The Labute approximate surface area is 467 Å². The molecule has 11 rings (SSSR count). The second-order valence-corrected chi connectivity index (χ2v) is 22.9. The van der Waals surface area contributed by atoms with Crippen LogP contribution in [0.15, 0.2) is 70.8 Å². The quantitative estimate of drug-likeness (QED) is 0.0659. The number of ether oxygens (including phenoxy) is 4. The number of nitrogen functional groups attached to an aromatic ring is 1. The highest BCUT2D eigenvalue weighted by Crippen LogP contribution is 2.41. The second-order valence-electron chi connectivity index (χ2n) is 22.0. The van der Waals surface area contributed by atoms with Gasteiger partial charge in [0, 0.05) is 106 Å². The summed E-state index contributed by atoms with van der Waals surface area (Å²) in [4.78, 5) is 50.5. The van der Waals surface area contributed by atoms with E-state index in [-0.39, 0.29) is 78.4 Å². The van der Waals surface area contributed by atoms with Gasteiger partial charge < -0.3 is 59.4 Å². The van der Waals surface area contributed by atoms with Crippen LogP contribution >= 0.6 is 11.3 Å². The number of aromatic nitrogens is 6. The topological polar surface area (TPSA) is 253 Å². The number of aryl methyl sites for hydroxylation is 1. The van der Waals surface area contributed by atoms with E-state index in [1.807, 2.05) is 38.2 Å². The number of β-amino-alcohol motifs (C(OH)–C–C–N with tert-alkyl or cyclic N) is 1. The molecule has 80 heavy (non-hydrogen) atoms. The summed E-state index contributed by atoms with van der Waals surface area (Å²) in [5.41, 5.74) is 12.2. The average molecular weight is 1120 g/mol. The van der Waals surface area contributed by atoms with Gasteiger partial charge in [0.1, 0.15) is 36.1 Å². The third kappa shape index (κ3) is 11.5. The molecule has 2 unspecified atom stereocenters. The summed E-state index contributed by atoms with van der Waals surface area (Å²) >= 11 is 1.27. The van der Waals surface area contributed by atoms with Crippen molar-refractivity contribution in [2.24, 2.45) is 5.92 Å². The number of phenolic OH excluding ortho intramolecular Hbond substituents is 1. The molecular formula is C57H69FN12O9S. The van der Waals surface area contributed by atoms with E-state index in [1.54, 1.807) is 37.6 Å². The number of hydrogen-bond acceptors (Lipinski definition) is 20. The highest BCUT2D eigenvalue weighted by atomic mass is 32.1. The molecule has 5 aliphatic rings. The van der Waals surface area contributed by atoms with Crippen molar-refractivity contribution < 1.29 is 47.7 Å². The molecule has 4 saturated heterocycles. The van der Waals surface area contributed by atoms with Crippen LogP contribution in [0.2, 0.25) is 0 Å². The molecule has 9 heterocycles. The van der Waals surface area contributed by atoms with Crippen molar-refractivity contribution >= 4 is 40.3 Å². The smallest absolute Gasteiger partial charge is 0.254 e. The Morgan fingerprint density at radius 3 is 2.44 bits per heavy atom. The van der Waals surface area contributed by atoms with Crippen molar-refractivity contribution in [1.82, 2.24) is 45.4 Å². The lowest BCUT2D eigenvalue weighted by atomic mass is 9.91. The zero-order chi connectivity index (χ0) is 55.8. The van der Waals surface area contributed by atoms with Crippen LogP contribution in [0.1, 0.15) is 94.7 Å². The number of hydrogen-bond donors (Lipinski definition) is 4. The second kappa shape index (κ2) is 23.5. The Balaban J connectivity index is 0.609. The van der Waals surface area contributed by atoms with Gasteiger partial charge in [-0.25, -0.2) is 19.3 Å². The number of piperazine rings is 1. The van der Waals surface area contributed by atoms with Gasteiger partial charge >= 0.3 is 0 Å². The molecule has 0 radical (unpaired) electrons. The molecule has 1 aliphatic carbocycles. The molecule has 4 aliphatic heterocycles. The van der Waals surface area contributed by atoms with Crippen molar-refractivity contribution in [1.29, 1.82) is 0 Å². The van der Waals surface area contributed by atoms with Gasteiger partial charge in [0.2, 0.25) is 23.6 Å². The van der Waals surface area contributed by atoms with E-state index in [2.05, 4.69) is 62.5 Å². The summed E-state index contributed by atoms with van der Waals surface area (Å²) in [6, 6.07) is 14.9. The zero-order valence-corrected chi connectivity index (χ0v) is 46.4. The molecule has 0 spiro atoms. The first-order valence-electron chi connectivity index (χ1n) is 27.7. The number of nitrogens with zero attached hydrogens (tertiary/aromatic N) is 10. The van der Waals surface area contributed by atoms with E-state index >= 15 is 4.39 Å². The molecule has 1 aromatic carbocycles. The van der Waals surface area contributed by atoms with Crippen LogP contribution in [-0.2, 0) is 14.3 Å². The molecule has 5 aromatic heterocycles. The zero-order valence-electron chi connectivity index (χ0n) is 45.6. The summed E-state index contributed by atoms with van der Waals surface area (Å²) in [6.07, 6.45) is 6.84. The Kier molecular flexibility index (Phi) is 16.1. The van der Waals surface area contributed by atoms with Gasteiger partial charge in [-0.2, -0.15) is 0 Å². The number of thiazole rings is 1. The molecule has 5 N–H and O–H groups in total. The van der Waals surface area contributed by atoms with Crippen molar-refractivity contribution in [2.45, 2.75) is 127 Å². The molecule has 424 valence electrons. The van der Waals surface area contributed by atoms with Crippen LogP contribution in [0.3, 0.4) is 0 Å². The van der Waals surface area contributed by atoms with Crippen LogP contribution in [0.5, 0.6) is 23.4 Å². The monoisotopic (exact) mass is 1120 g/mol. The number of nitrogens with two attached hydrogens (primary N) is 1. The number of aliphatic hydroxyl groups excluding tert-OH is 1. The summed E-state index contributed by atoms with van der Waals surface area (Å²) in [5, 5.41) is 36.8. The number of phenols is 1. The van der Waals surface area contributed by atoms with E-state index in [9.17, 15) is 19.8 Å². The van der Waals surface area contributed by atoms with E-state index in [1.165, 1.54) is 29.4 Å². The number of benzene rings is 1. The van der Waals surface area contributed by atoms with Gasteiger partial charge in [-0.15, -0.1) is 21.5 Å². The number of methoxy groups -OCH3 is 1. The standard InChI is InChI=1S/C57H69FN12O9S/c1-31(2)51(57(74)69-29-37(71)21-46(69)55(73)62-32(3)42-24-43(58)52(63-56(42)75-5)53-33(4)61-30-80-53)48-26-50(66-79-48)76-19-18-67-16-13-38(14-17-67)77-39-22-40(23-39)78-49-20-34(12-15-60-49)70-35-10-11-36(70)28-68(27-35)45-25-44(64-65-54(45)59)41-8-6-7-9-47(41)72/h6-9,12,15,20,24-26,30-32,35-40,46,51,71-72H,10-11,13-14,16-19,21-23,27-29H2,1-5H3,(H2,59,65)(H,62,73)/t32-,35?,36?,37+,39?,40?,46-,51-/m0/s1. The van der Waals surface area contributed by atoms with Gasteiger partial charge in [-0.1, -0.05) is 26.0 Å². The van der Waals surface area contributed by atoms with Crippen LogP contribution in [0.4, 0.5) is 21.6 Å². The summed E-state index contributed by atoms with van der Waals surface area (Å²) in [5.74, 6) is -0.678. The third-order valence-corrected chi connectivity index (χ3v) is 17.2. The fraction of sp³-hybridized carbons (Fsp3) is 0.509. The number of amides is 2. The number of para-hydroxylation sites is 1. The Hall–Kier alpha value is -7.21. The van der Waals surface area contributed by atoms with Crippen molar-refractivity contribution in [3.05, 3.63) is 89.1 Å². The van der Waals surface area contributed by atoms with Crippen LogP contribution < -0.4 is 35.1 Å². The fourth-order valence-corrected chi connectivity index (χ4v) is 12.9. The molecule has 6 aromatic rings. The maximum atomic E-state index is 15.5. The first kappa shape index (κ1) is 54.7. The molecule has 5 fully saturated rings. The molecule has 1 saturated carbocycles. The van der Waals surface area contributed by atoms with Crippen molar-refractivity contribution in [2.75, 3.05) is 68.5 Å². The lowest BCUT2D eigenvalue weighted by Gasteiger charge is -2.43. The van der Waals surface area contributed by atoms with Gasteiger partial charge in [0.25, 0.3) is 5.88 Å². The molecule has 2 amide bonds.